The summed E-state index contributed by atoms with van der Waals surface area (Å²) in [4.78, 5) is 9.41. The molecular weight excluding hydrogens is 328 g/mol. The molecule has 1 fully saturated rings. The number of halogens is 1. The van der Waals surface area contributed by atoms with E-state index in [-0.39, 0.29) is 0 Å². The van der Waals surface area contributed by atoms with Crippen molar-refractivity contribution in [3.63, 3.8) is 0 Å². The second kappa shape index (κ2) is 7.56. The molecule has 1 unspecified atom stereocenters. The van der Waals surface area contributed by atoms with Crippen molar-refractivity contribution in [1.29, 1.82) is 0 Å². The second-order valence-electron chi connectivity index (χ2n) is 6.33. The Kier molecular flexibility index (Phi) is 6.02. The number of nitrogens with zero attached hydrogens (tertiary/aromatic N) is 3. The third kappa shape index (κ3) is 4.66. The van der Waals surface area contributed by atoms with Crippen LogP contribution in [0.1, 0.15) is 32.3 Å². The van der Waals surface area contributed by atoms with Crippen LogP contribution in [0.2, 0.25) is 0 Å². The zero-order valence-electron chi connectivity index (χ0n) is 13.6. The largest absolute Gasteiger partial charge is 0.358 e. The highest BCUT2D eigenvalue weighted by molar-refractivity contribution is 9.10. The van der Waals surface area contributed by atoms with Gasteiger partial charge in [-0.25, -0.2) is 4.98 Å². The predicted octanol–water partition coefficient (Wildman–Crippen LogP) is 2.87. The van der Waals surface area contributed by atoms with E-state index in [2.05, 4.69) is 70.0 Å². The van der Waals surface area contributed by atoms with Gasteiger partial charge in [-0.15, -0.1) is 0 Å². The predicted molar refractivity (Wildman–Crippen MR) is 92.8 cm³/mol. The molecule has 1 aliphatic heterocycles. The van der Waals surface area contributed by atoms with Crippen LogP contribution >= 0.6 is 15.9 Å². The molecule has 1 saturated heterocycles. The Morgan fingerprint density at radius 1 is 1.52 bits per heavy atom. The first-order chi connectivity index (χ1) is 9.97. The molecule has 5 heteroatoms. The van der Waals surface area contributed by atoms with Crippen LogP contribution in [0.3, 0.4) is 0 Å². The third-order valence-corrected chi connectivity index (χ3v) is 4.56. The van der Waals surface area contributed by atoms with Crippen LogP contribution in [-0.2, 0) is 6.54 Å². The Balaban J connectivity index is 2.09. The van der Waals surface area contributed by atoms with Gasteiger partial charge in [0.2, 0.25) is 0 Å². The normalized spacial score (nSPS) is 19.4. The Bertz CT molecular complexity index is 464. The van der Waals surface area contributed by atoms with Gasteiger partial charge in [0.05, 0.1) is 0 Å². The number of likely N-dealkylation sites (N-methyl/N-ethyl adjacent to an activating group) is 2. The molecule has 1 N–H and O–H groups in total. The maximum absolute atomic E-state index is 4.64. The van der Waals surface area contributed by atoms with E-state index in [1.165, 1.54) is 24.9 Å². The Labute approximate surface area is 137 Å². The van der Waals surface area contributed by atoms with Gasteiger partial charge in [-0.3, -0.25) is 0 Å². The van der Waals surface area contributed by atoms with Gasteiger partial charge in [-0.1, -0.05) is 13.8 Å². The molecule has 0 aromatic carbocycles. The first-order valence-corrected chi connectivity index (χ1v) is 8.56. The van der Waals surface area contributed by atoms with E-state index in [1.54, 1.807) is 0 Å². The maximum atomic E-state index is 4.64. The minimum absolute atomic E-state index is 0.475. The van der Waals surface area contributed by atoms with Crippen molar-refractivity contribution in [3.05, 3.63) is 22.3 Å². The van der Waals surface area contributed by atoms with Crippen molar-refractivity contribution < 1.29 is 0 Å². The van der Waals surface area contributed by atoms with Crippen molar-refractivity contribution in [2.24, 2.45) is 0 Å². The highest BCUT2D eigenvalue weighted by Gasteiger charge is 2.23. The molecule has 2 heterocycles. The molecule has 2 rings (SSSR count). The summed E-state index contributed by atoms with van der Waals surface area (Å²) < 4.78 is 1.04. The lowest BCUT2D eigenvalue weighted by atomic mass is 10.2. The van der Waals surface area contributed by atoms with Crippen molar-refractivity contribution in [3.8, 4) is 0 Å². The van der Waals surface area contributed by atoms with Crippen LogP contribution in [0.25, 0.3) is 0 Å². The minimum atomic E-state index is 0.475. The van der Waals surface area contributed by atoms with Crippen LogP contribution in [0.15, 0.2) is 16.7 Å². The number of aromatic nitrogens is 1. The second-order valence-corrected chi connectivity index (χ2v) is 7.24. The number of hydrogen-bond donors (Lipinski definition) is 1. The van der Waals surface area contributed by atoms with Crippen LogP contribution in [0, 0.1) is 0 Å². The van der Waals surface area contributed by atoms with Gasteiger partial charge in [0.1, 0.15) is 5.82 Å². The SMILES string of the molecule is CC(C)NCc1cc(Br)cnc1N(C)CC1CCCN1C. The molecule has 0 radical (unpaired) electrons. The zero-order chi connectivity index (χ0) is 15.4. The van der Waals surface area contributed by atoms with E-state index in [0.717, 1.165) is 23.4 Å². The molecule has 0 spiro atoms. The summed E-state index contributed by atoms with van der Waals surface area (Å²) in [5.74, 6) is 1.09. The number of pyridine rings is 1. The first-order valence-electron chi connectivity index (χ1n) is 7.76. The minimum Gasteiger partial charge on any atom is -0.358 e. The zero-order valence-corrected chi connectivity index (χ0v) is 15.2. The monoisotopic (exact) mass is 354 g/mol. The Morgan fingerprint density at radius 3 is 2.90 bits per heavy atom. The molecule has 1 atom stereocenters. The van der Waals surface area contributed by atoms with Crippen LogP contribution in [-0.4, -0.2) is 49.2 Å². The fraction of sp³-hybridized carbons (Fsp3) is 0.688. The van der Waals surface area contributed by atoms with Crippen LogP contribution in [0.5, 0.6) is 0 Å². The summed E-state index contributed by atoms with van der Waals surface area (Å²) in [6.07, 6.45) is 4.49. The lowest BCUT2D eigenvalue weighted by molar-refractivity contribution is 0.314. The van der Waals surface area contributed by atoms with Crippen LogP contribution in [0.4, 0.5) is 5.82 Å². The molecular formula is C16H27BrN4. The van der Waals surface area contributed by atoms with E-state index in [9.17, 15) is 0 Å². The summed E-state index contributed by atoms with van der Waals surface area (Å²) in [5.41, 5.74) is 1.25. The van der Waals surface area contributed by atoms with Crippen molar-refractivity contribution in [2.75, 3.05) is 32.1 Å². The van der Waals surface area contributed by atoms with Crippen molar-refractivity contribution in [1.82, 2.24) is 15.2 Å². The van der Waals surface area contributed by atoms with Gasteiger partial charge in [-0.2, -0.15) is 0 Å². The van der Waals surface area contributed by atoms with E-state index in [0.29, 0.717) is 12.1 Å². The number of likely N-dealkylation sites (tertiary alicyclic amines) is 1. The molecule has 0 aliphatic carbocycles. The summed E-state index contributed by atoms with van der Waals surface area (Å²) in [6, 6.07) is 3.29. The molecule has 1 aromatic rings. The first kappa shape index (κ1) is 16.7. The van der Waals surface area contributed by atoms with E-state index in [4.69, 9.17) is 0 Å². The van der Waals surface area contributed by atoms with Gasteiger partial charge in [0.25, 0.3) is 0 Å². The number of anilines is 1. The van der Waals surface area contributed by atoms with Crippen LogP contribution < -0.4 is 10.2 Å². The highest BCUT2D eigenvalue weighted by Crippen LogP contribution is 2.23. The molecule has 1 aromatic heterocycles. The van der Waals surface area contributed by atoms with E-state index < -0.39 is 0 Å². The van der Waals surface area contributed by atoms with Crippen molar-refractivity contribution >= 4 is 21.7 Å². The summed E-state index contributed by atoms with van der Waals surface area (Å²) in [5, 5.41) is 3.49. The fourth-order valence-corrected chi connectivity index (χ4v) is 3.25. The summed E-state index contributed by atoms with van der Waals surface area (Å²) in [7, 11) is 4.38. The Hall–Kier alpha value is -0.650. The molecule has 0 bridgehead atoms. The lowest BCUT2D eigenvalue weighted by Crippen LogP contribution is -2.37. The van der Waals surface area contributed by atoms with E-state index in [1.807, 2.05) is 6.20 Å². The van der Waals surface area contributed by atoms with Gasteiger partial charge < -0.3 is 15.1 Å². The smallest absolute Gasteiger partial charge is 0.132 e. The topological polar surface area (TPSA) is 31.4 Å². The number of rotatable bonds is 6. The number of nitrogens with one attached hydrogen (secondary N) is 1. The Morgan fingerprint density at radius 2 is 2.29 bits per heavy atom. The molecule has 0 saturated carbocycles. The summed E-state index contributed by atoms with van der Waals surface area (Å²) >= 11 is 3.53. The van der Waals surface area contributed by atoms with Crippen molar-refractivity contribution in [2.45, 2.75) is 45.3 Å². The molecule has 21 heavy (non-hydrogen) atoms. The molecule has 4 nitrogen and oxygen atoms in total. The fourth-order valence-electron chi connectivity index (χ4n) is 2.87. The maximum Gasteiger partial charge on any atom is 0.132 e. The van der Waals surface area contributed by atoms with E-state index >= 15 is 0 Å². The molecule has 118 valence electrons. The quantitative estimate of drug-likeness (QED) is 0.850. The van der Waals surface area contributed by atoms with Gasteiger partial charge in [-0.05, 0) is 48.4 Å². The molecule has 1 aliphatic rings. The number of hydrogen-bond acceptors (Lipinski definition) is 4. The average molecular weight is 355 g/mol. The van der Waals surface area contributed by atoms with Gasteiger partial charge in [0, 0.05) is 48.5 Å². The standard InChI is InChI=1S/C16H27BrN4/c1-12(2)18-9-13-8-14(17)10-19-16(13)21(4)11-15-6-5-7-20(15)3/h8,10,12,15,18H,5-7,9,11H2,1-4H3. The van der Waals surface area contributed by atoms with Gasteiger partial charge >= 0.3 is 0 Å². The third-order valence-electron chi connectivity index (χ3n) is 4.13. The molecule has 0 amide bonds. The lowest BCUT2D eigenvalue weighted by Gasteiger charge is -2.28. The highest BCUT2D eigenvalue weighted by atomic mass is 79.9. The summed E-state index contributed by atoms with van der Waals surface area (Å²) in [6.45, 7) is 7.45. The average Bonchev–Trinajstić information content (AvgIpc) is 2.82. The van der Waals surface area contributed by atoms with Gasteiger partial charge in [0.15, 0.2) is 0 Å².